The first kappa shape index (κ1) is 68.9. The number of furan rings is 2. The van der Waals surface area contributed by atoms with Crippen LogP contribution < -0.4 is 5.46 Å². The topological polar surface area (TPSA) is 164 Å². The van der Waals surface area contributed by atoms with Gasteiger partial charge in [-0.25, -0.2) is 4.98 Å². The summed E-state index contributed by atoms with van der Waals surface area (Å²) in [6.07, 6.45) is 0.833. The summed E-state index contributed by atoms with van der Waals surface area (Å²) in [6.45, 7) is 0. The largest absolute Gasteiger partial charge is 0.492 e. The Labute approximate surface area is 715 Å². The summed E-state index contributed by atoms with van der Waals surface area (Å²) in [5.74, 6) is 1.74. The van der Waals surface area contributed by atoms with Crippen LogP contribution in [0.3, 0.4) is 0 Å². The molecule has 20 heteroatoms. The van der Waals surface area contributed by atoms with Crippen molar-refractivity contribution in [3.63, 3.8) is 0 Å². The number of fused-ring (bicyclic) bond motifs is 18. The van der Waals surface area contributed by atoms with Gasteiger partial charge in [-0.15, -0.1) is 15.5 Å². The van der Waals surface area contributed by atoms with E-state index in [1.165, 1.54) is 10.8 Å². The SMILES string of the molecule is OB(O)c1cc(-n2c3ccccc3c3ccccc32)cc2c1oc1cc(-c3ccccc3)ccc12.[2H]c1c([2H])c([2H])c(-c2nc(Cl)nc(-n3c4ccccc4c4ccccc43)n2)c([2H])c1[2H].[B]B([BH3-])[BH3-].c1ccc(-c2ccc3c(c2)oc2c(-c4nc(-c5ccccc5)nc(-n5c6ccccc6c6ccccc65)n4)cc(-n4c5ccccc5c5ccccc54)cc23)cc1. The Kier molecular flexibility index (Phi) is 17.7. The van der Waals surface area contributed by atoms with Crippen molar-refractivity contribution in [2.24, 2.45) is 0 Å². The second kappa shape index (κ2) is 31.3. The van der Waals surface area contributed by atoms with Crippen molar-refractivity contribution in [2.75, 3.05) is 0 Å². The normalized spacial score (nSPS) is 12.1. The van der Waals surface area contributed by atoms with Crippen LogP contribution in [0.25, 0.3) is 211 Å². The van der Waals surface area contributed by atoms with E-state index < -0.39 is 37.3 Å². The van der Waals surface area contributed by atoms with Crippen molar-refractivity contribution in [3.8, 4) is 79.7 Å². The Balaban J connectivity index is 0.000000121. The Hall–Kier alpha value is -15.1. The van der Waals surface area contributed by atoms with Crippen LogP contribution in [0.1, 0.15) is 6.85 Å². The number of hydrogen-bond acceptors (Lipinski definition) is 10. The lowest BCUT2D eigenvalue weighted by atomic mass is 9.08. The molecule has 8 heterocycles. The minimum atomic E-state index is -1.67. The highest BCUT2D eigenvalue weighted by Crippen LogP contribution is 2.44. The van der Waals surface area contributed by atoms with Crippen molar-refractivity contribution >= 4 is 185 Å². The Morgan fingerprint density at radius 2 is 0.631 bits per heavy atom. The predicted octanol–water partition coefficient (Wildman–Crippen LogP) is 21.2. The quantitative estimate of drug-likeness (QED) is 0.126. The van der Waals surface area contributed by atoms with Crippen molar-refractivity contribution in [1.29, 1.82) is 0 Å². The maximum atomic E-state index is 10.3. The molecule has 0 saturated heterocycles. The van der Waals surface area contributed by atoms with E-state index in [-0.39, 0.29) is 22.6 Å². The summed E-state index contributed by atoms with van der Waals surface area (Å²) in [5.41, 5.74) is 18.9. The van der Waals surface area contributed by atoms with Crippen LogP contribution in [0.5, 0.6) is 0 Å². The van der Waals surface area contributed by atoms with Gasteiger partial charge in [0, 0.05) is 92.6 Å². The number of para-hydroxylation sites is 8. The van der Waals surface area contributed by atoms with Crippen molar-refractivity contribution in [1.82, 2.24) is 48.2 Å². The maximum Gasteiger partial charge on any atom is 0.492 e. The molecule has 0 spiro atoms. The van der Waals surface area contributed by atoms with Gasteiger partial charge in [-0.1, -0.05) is 287 Å². The van der Waals surface area contributed by atoms with Crippen LogP contribution in [0.4, 0.5) is 0 Å². The van der Waals surface area contributed by atoms with Gasteiger partial charge in [0.25, 0.3) is 0 Å². The minimum absolute atomic E-state index is 0.0890. The minimum Gasteiger partial charge on any atom is -0.456 e. The first-order valence-electron chi connectivity index (χ1n) is 41.4. The Morgan fingerprint density at radius 3 is 1.03 bits per heavy atom. The van der Waals surface area contributed by atoms with Crippen LogP contribution in [-0.2, 0) is 0 Å². The van der Waals surface area contributed by atoms with Crippen LogP contribution in [0, 0.1) is 0 Å². The highest BCUT2D eigenvalue weighted by Gasteiger charge is 2.27. The zero-order chi connectivity index (χ0) is 86.4. The zero-order valence-corrected chi connectivity index (χ0v) is 64.5. The van der Waals surface area contributed by atoms with Crippen molar-refractivity contribution in [3.05, 3.63) is 381 Å². The highest BCUT2D eigenvalue weighted by atomic mass is 35.5. The molecule has 24 rings (SSSR count). The summed E-state index contributed by atoms with van der Waals surface area (Å²) in [7, 11) is 4.83. The number of aromatic nitrogens is 10. The van der Waals surface area contributed by atoms with Gasteiger partial charge in [0.1, 0.15) is 22.3 Å². The molecule has 14 nitrogen and oxygen atoms in total. The standard InChI is InChI=1S/C51H31N5O.C30H20BNO3.C21H13ClN4.B4H6/c1-3-15-32(16-4-1)34-27-28-40-41-30-35(55-43-23-11-7-19-36(43)37-20-8-12-24-44(37)55)31-42(48(41)57-47(40)29-34)50-52-49(33-17-5-2-6-18-33)53-51(54-50)56-45-25-13-9-21-38(45)39-22-10-14-26-46(39)56;33-31(34)26-18-21(32-27-12-6-4-10-22(27)23-11-5-7-13-28(23)32)17-25-24-15-14-20(16-29(24)35-30(25)26)19-8-2-1-3-9-19;22-20-23-19(14-8-2-1-3-9-14)24-21(25-20)26-17-12-6-4-10-15(17)16-11-5-7-13-18(16)26;1-4(2)3/h1-31H;1-18,33-34H;1-13H;1-2H3/q;;;-2/i;;1D,2D,3D,8D,9D;. The van der Waals surface area contributed by atoms with Gasteiger partial charge in [0.2, 0.25) is 17.2 Å². The highest BCUT2D eigenvalue weighted by molar-refractivity contribution is 7.49. The fraction of sp³-hybridized carbons (Fsp3) is 0. The predicted molar refractivity (Wildman–Crippen MR) is 511 cm³/mol. The van der Waals surface area contributed by atoms with E-state index in [4.69, 9.17) is 50.0 Å². The number of rotatable bonds is 10. The lowest BCUT2D eigenvalue weighted by Crippen LogP contribution is -2.30. The molecule has 122 heavy (non-hydrogen) atoms. The lowest BCUT2D eigenvalue weighted by Gasteiger charge is -2.13. The number of nitrogens with zero attached hydrogens (tertiary/aromatic N) is 10. The van der Waals surface area contributed by atoms with Gasteiger partial charge in [0.15, 0.2) is 17.5 Å². The molecular formula is C102H70B5ClN10O4-2. The fourth-order valence-corrected chi connectivity index (χ4v) is 17.0. The van der Waals surface area contributed by atoms with Gasteiger partial charge >= 0.3 is 7.12 Å². The molecule has 0 unspecified atom stereocenters. The molecule has 0 aliphatic carbocycles. The van der Waals surface area contributed by atoms with E-state index in [9.17, 15) is 10.0 Å². The lowest BCUT2D eigenvalue weighted by molar-refractivity contribution is 0.425. The molecule has 576 valence electrons. The average Bonchev–Trinajstić information content (AvgIpc) is 1.60. The summed E-state index contributed by atoms with van der Waals surface area (Å²) in [5, 5.41) is 33.2. The van der Waals surface area contributed by atoms with E-state index >= 15 is 0 Å². The molecule has 0 atom stereocenters. The monoisotopic (exact) mass is 1590 g/mol. The first-order valence-corrected chi connectivity index (χ1v) is 39.3. The Morgan fingerprint density at radius 1 is 0.303 bits per heavy atom. The third kappa shape index (κ3) is 13.4. The van der Waals surface area contributed by atoms with Gasteiger partial charge in [-0.3, -0.25) is 15.5 Å². The molecule has 24 aromatic rings. The molecule has 0 amide bonds. The van der Waals surface area contributed by atoms with E-state index in [1.54, 1.807) is 0 Å². The Bertz CT molecular complexity index is 8260. The number of benzene rings is 16. The molecule has 2 N–H and O–H groups in total. The van der Waals surface area contributed by atoms with Gasteiger partial charge in [-0.05, 0) is 131 Å². The number of hydrogen-bond donors (Lipinski definition) is 2. The van der Waals surface area contributed by atoms with Crippen molar-refractivity contribution < 1.29 is 25.7 Å². The van der Waals surface area contributed by atoms with Crippen LogP contribution in [0.2, 0.25) is 5.28 Å². The zero-order valence-electron chi connectivity index (χ0n) is 68.7. The summed E-state index contributed by atoms with van der Waals surface area (Å²) >= 11 is 6.21. The second-order valence-corrected chi connectivity index (χ2v) is 29.2. The summed E-state index contributed by atoms with van der Waals surface area (Å²) < 4.78 is 61.8. The molecule has 0 fully saturated rings. The average molecular weight is 1590 g/mol. The molecule has 8 aromatic heterocycles. The van der Waals surface area contributed by atoms with E-state index in [2.05, 4.69) is 229 Å². The molecule has 16 aromatic carbocycles. The molecule has 0 saturated carbocycles. The smallest absolute Gasteiger partial charge is 0.456 e. The van der Waals surface area contributed by atoms with Gasteiger partial charge in [0.05, 0.1) is 56.6 Å². The maximum absolute atomic E-state index is 10.3. The third-order valence-electron chi connectivity index (χ3n) is 22.1. The van der Waals surface area contributed by atoms with E-state index in [0.29, 0.717) is 49.7 Å². The van der Waals surface area contributed by atoms with E-state index in [1.807, 2.05) is 150 Å². The van der Waals surface area contributed by atoms with Crippen LogP contribution >= 0.6 is 11.6 Å². The second-order valence-electron chi connectivity index (χ2n) is 28.9. The van der Waals surface area contributed by atoms with Gasteiger partial charge in [-0.2, -0.15) is 24.9 Å². The fourth-order valence-electron chi connectivity index (χ4n) is 16.9. The molecule has 0 bridgehead atoms. The molecular weight excluding hydrogens is 1520 g/mol. The number of halogens is 1. The molecule has 0 aliphatic heterocycles. The first-order chi connectivity index (χ1) is 62.1. The van der Waals surface area contributed by atoms with Crippen molar-refractivity contribution in [2.45, 2.75) is 0 Å². The van der Waals surface area contributed by atoms with Crippen LogP contribution in [0.15, 0.2) is 385 Å². The van der Waals surface area contributed by atoms with Crippen LogP contribution in [-0.4, -0.2) is 94.9 Å². The molecule has 2 radical (unpaired) electrons. The third-order valence-corrected chi connectivity index (χ3v) is 22.3. The molecule has 0 aliphatic rings. The summed E-state index contributed by atoms with van der Waals surface area (Å²) in [4.78, 5) is 28.7. The van der Waals surface area contributed by atoms with Gasteiger partial charge < -0.3 is 28.0 Å². The summed E-state index contributed by atoms with van der Waals surface area (Å²) in [6, 6.07) is 116. The van der Waals surface area contributed by atoms with E-state index in [0.717, 1.165) is 160 Å².